The van der Waals surface area contributed by atoms with Gasteiger partial charge in [0.1, 0.15) is 6.04 Å². The molecular formula is C26H32Cl2N2O2S. The second-order valence-corrected chi connectivity index (χ2v) is 10.5. The van der Waals surface area contributed by atoms with E-state index < -0.39 is 6.04 Å². The highest BCUT2D eigenvalue weighted by Gasteiger charge is 2.28. The third kappa shape index (κ3) is 7.66. The minimum Gasteiger partial charge on any atom is -0.352 e. The van der Waals surface area contributed by atoms with E-state index in [4.69, 9.17) is 23.2 Å². The van der Waals surface area contributed by atoms with Crippen LogP contribution in [0.25, 0.3) is 0 Å². The first kappa shape index (κ1) is 25.9. The molecule has 2 aromatic rings. The number of aryl methyl sites for hydroxylation is 1. The number of halogens is 2. The molecular weight excluding hydrogens is 475 g/mol. The monoisotopic (exact) mass is 506 g/mol. The summed E-state index contributed by atoms with van der Waals surface area (Å²) in [5.74, 6) is 0.622. The van der Waals surface area contributed by atoms with Crippen molar-refractivity contribution in [2.24, 2.45) is 0 Å². The molecule has 0 heterocycles. The molecule has 1 aliphatic carbocycles. The van der Waals surface area contributed by atoms with Gasteiger partial charge in [0.25, 0.3) is 0 Å². The zero-order valence-electron chi connectivity index (χ0n) is 19.3. The predicted molar refractivity (Wildman–Crippen MR) is 139 cm³/mol. The largest absolute Gasteiger partial charge is 0.352 e. The van der Waals surface area contributed by atoms with Crippen molar-refractivity contribution in [3.05, 3.63) is 69.2 Å². The van der Waals surface area contributed by atoms with Crippen LogP contribution >= 0.6 is 35.0 Å². The molecule has 0 unspecified atom stereocenters. The van der Waals surface area contributed by atoms with Crippen LogP contribution in [0.2, 0.25) is 10.0 Å². The van der Waals surface area contributed by atoms with Gasteiger partial charge < -0.3 is 10.2 Å². The molecule has 0 saturated heterocycles. The Morgan fingerprint density at radius 2 is 1.70 bits per heavy atom. The van der Waals surface area contributed by atoms with E-state index in [0.29, 0.717) is 22.3 Å². The summed E-state index contributed by atoms with van der Waals surface area (Å²) in [4.78, 5) is 28.0. The van der Waals surface area contributed by atoms with Crippen molar-refractivity contribution < 1.29 is 9.59 Å². The van der Waals surface area contributed by atoms with Crippen LogP contribution in [-0.2, 0) is 21.9 Å². The summed E-state index contributed by atoms with van der Waals surface area (Å²) in [6.45, 7) is 4.25. The van der Waals surface area contributed by atoms with Crippen molar-refractivity contribution >= 4 is 46.8 Å². The number of nitrogens with zero attached hydrogens (tertiary/aromatic N) is 1. The number of benzene rings is 2. The molecule has 3 rings (SSSR count). The zero-order valence-corrected chi connectivity index (χ0v) is 21.6. The number of hydrogen-bond acceptors (Lipinski definition) is 3. The Hall–Kier alpha value is -1.69. The third-order valence-corrected chi connectivity index (χ3v) is 7.78. The van der Waals surface area contributed by atoms with Crippen LogP contribution in [0, 0.1) is 6.92 Å². The summed E-state index contributed by atoms with van der Waals surface area (Å²) >= 11 is 14.0. The van der Waals surface area contributed by atoms with E-state index in [0.717, 1.165) is 42.4 Å². The van der Waals surface area contributed by atoms with Crippen LogP contribution in [0.3, 0.4) is 0 Å². The molecule has 0 bridgehead atoms. The van der Waals surface area contributed by atoms with Gasteiger partial charge in [-0.2, -0.15) is 0 Å². The average molecular weight is 508 g/mol. The van der Waals surface area contributed by atoms with E-state index in [1.165, 1.54) is 18.2 Å². The fourth-order valence-corrected chi connectivity index (χ4v) is 5.68. The Balaban J connectivity index is 1.67. The molecule has 1 aliphatic rings. The summed E-state index contributed by atoms with van der Waals surface area (Å²) in [5, 5.41) is 4.36. The predicted octanol–water partition coefficient (Wildman–Crippen LogP) is 6.40. The SMILES string of the molecule is Cc1ccc(CN(C(=O)CSCc2c(Cl)cccc2Cl)[C@@H](C)C(=O)NC2CCCCC2)cc1. The molecule has 1 atom stereocenters. The molecule has 1 saturated carbocycles. The quantitative estimate of drug-likeness (QED) is 0.427. The lowest BCUT2D eigenvalue weighted by atomic mass is 9.95. The van der Waals surface area contributed by atoms with Crippen LogP contribution in [0.4, 0.5) is 0 Å². The second-order valence-electron chi connectivity index (χ2n) is 8.72. The lowest BCUT2D eigenvalue weighted by Gasteiger charge is -2.31. The molecule has 1 fully saturated rings. The van der Waals surface area contributed by atoms with Crippen LogP contribution < -0.4 is 5.32 Å². The summed E-state index contributed by atoms with van der Waals surface area (Å²) in [5.41, 5.74) is 2.99. The molecule has 7 heteroatoms. The number of thioether (sulfide) groups is 1. The van der Waals surface area contributed by atoms with Gasteiger partial charge in [-0.05, 0) is 49.9 Å². The van der Waals surface area contributed by atoms with Crippen LogP contribution in [-0.4, -0.2) is 34.6 Å². The van der Waals surface area contributed by atoms with Gasteiger partial charge >= 0.3 is 0 Å². The van der Waals surface area contributed by atoms with E-state index in [2.05, 4.69) is 5.32 Å². The van der Waals surface area contributed by atoms with Crippen LogP contribution in [0.5, 0.6) is 0 Å². The molecule has 33 heavy (non-hydrogen) atoms. The van der Waals surface area contributed by atoms with Crippen molar-refractivity contribution in [3.8, 4) is 0 Å². The van der Waals surface area contributed by atoms with Gasteiger partial charge in [-0.15, -0.1) is 11.8 Å². The van der Waals surface area contributed by atoms with Gasteiger partial charge in [0.2, 0.25) is 11.8 Å². The lowest BCUT2D eigenvalue weighted by Crippen LogP contribution is -2.50. The Bertz CT molecular complexity index is 926. The number of nitrogens with one attached hydrogen (secondary N) is 1. The summed E-state index contributed by atoms with van der Waals surface area (Å²) < 4.78 is 0. The fourth-order valence-electron chi connectivity index (χ4n) is 4.04. The van der Waals surface area contributed by atoms with Crippen LogP contribution in [0.15, 0.2) is 42.5 Å². The van der Waals surface area contributed by atoms with E-state index in [9.17, 15) is 9.59 Å². The molecule has 1 N–H and O–H groups in total. The van der Waals surface area contributed by atoms with Gasteiger partial charge in [0.15, 0.2) is 0 Å². The van der Waals surface area contributed by atoms with Crippen molar-refractivity contribution in [2.45, 2.75) is 70.3 Å². The first-order chi connectivity index (χ1) is 15.8. The fraction of sp³-hybridized carbons (Fsp3) is 0.462. The van der Waals surface area contributed by atoms with E-state index in [-0.39, 0.29) is 23.6 Å². The number of carbonyl (C=O) groups excluding carboxylic acids is 2. The zero-order chi connectivity index (χ0) is 23.8. The van der Waals surface area contributed by atoms with Crippen molar-refractivity contribution in [2.75, 3.05) is 5.75 Å². The van der Waals surface area contributed by atoms with E-state index >= 15 is 0 Å². The molecule has 2 aromatic carbocycles. The van der Waals surface area contributed by atoms with E-state index in [1.807, 2.05) is 38.1 Å². The van der Waals surface area contributed by atoms with Crippen LogP contribution in [0.1, 0.15) is 55.7 Å². The topological polar surface area (TPSA) is 49.4 Å². The second kappa shape index (κ2) is 12.7. The molecule has 2 amide bonds. The lowest BCUT2D eigenvalue weighted by molar-refractivity contribution is -0.139. The number of rotatable bonds is 9. The van der Waals surface area contributed by atoms with Gasteiger partial charge in [-0.1, -0.05) is 78.4 Å². The smallest absolute Gasteiger partial charge is 0.242 e. The summed E-state index contributed by atoms with van der Waals surface area (Å²) in [7, 11) is 0. The highest BCUT2D eigenvalue weighted by molar-refractivity contribution is 7.99. The van der Waals surface area contributed by atoms with Gasteiger partial charge in [0.05, 0.1) is 5.75 Å². The normalized spacial score (nSPS) is 15.2. The molecule has 0 radical (unpaired) electrons. The maximum Gasteiger partial charge on any atom is 0.242 e. The maximum atomic E-state index is 13.3. The Kier molecular flexibility index (Phi) is 9.96. The maximum absolute atomic E-state index is 13.3. The molecule has 0 spiro atoms. The highest BCUT2D eigenvalue weighted by atomic mass is 35.5. The standard InChI is InChI=1S/C26H32Cl2N2O2S/c1-18-11-13-20(14-12-18)15-30(19(2)26(32)29-21-7-4-3-5-8-21)25(31)17-33-16-22-23(27)9-6-10-24(22)28/h6,9-14,19,21H,3-5,7-8,15-17H2,1-2H3,(H,29,32)/t19-/m0/s1. The summed E-state index contributed by atoms with van der Waals surface area (Å²) in [6.07, 6.45) is 5.55. The number of amides is 2. The van der Waals surface area contributed by atoms with Crippen molar-refractivity contribution in [3.63, 3.8) is 0 Å². The van der Waals surface area contributed by atoms with E-state index in [1.54, 1.807) is 23.1 Å². The van der Waals surface area contributed by atoms with Crippen molar-refractivity contribution in [1.29, 1.82) is 0 Å². The molecule has 178 valence electrons. The van der Waals surface area contributed by atoms with Crippen molar-refractivity contribution in [1.82, 2.24) is 10.2 Å². The van der Waals surface area contributed by atoms with Gasteiger partial charge in [0, 0.05) is 28.4 Å². The minimum atomic E-state index is -0.551. The van der Waals surface area contributed by atoms with Gasteiger partial charge in [-0.3, -0.25) is 9.59 Å². The molecule has 0 aliphatic heterocycles. The molecule has 0 aromatic heterocycles. The summed E-state index contributed by atoms with van der Waals surface area (Å²) in [6, 6.07) is 13.1. The Labute approximate surface area is 211 Å². The Morgan fingerprint density at radius 1 is 1.06 bits per heavy atom. The Morgan fingerprint density at radius 3 is 2.33 bits per heavy atom. The first-order valence-corrected chi connectivity index (χ1v) is 13.4. The third-order valence-electron chi connectivity index (χ3n) is 6.13. The minimum absolute atomic E-state index is 0.0740. The van der Waals surface area contributed by atoms with Gasteiger partial charge in [-0.25, -0.2) is 0 Å². The number of hydrogen-bond donors (Lipinski definition) is 1. The number of carbonyl (C=O) groups is 2. The average Bonchev–Trinajstić information content (AvgIpc) is 2.80. The first-order valence-electron chi connectivity index (χ1n) is 11.5. The highest BCUT2D eigenvalue weighted by Crippen LogP contribution is 2.28. The molecule has 4 nitrogen and oxygen atoms in total.